The van der Waals surface area contributed by atoms with E-state index in [-0.39, 0.29) is 17.5 Å². The van der Waals surface area contributed by atoms with Gasteiger partial charge in [-0.1, -0.05) is 35.9 Å². The summed E-state index contributed by atoms with van der Waals surface area (Å²) in [6, 6.07) is 12.0. The van der Waals surface area contributed by atoms with Gasteiger partial charge in [0.15, 0.2) is 0 Å². The molecule has 2 aromatic rings. The van der Waals surface area contributed by atoms with Crippen LogP contribution in [0.1, 0.15) is 11.1 Å². The molecule has 5 heteroatoms. The Hall–Kier alpha value is -2.07. The van der Waals surface area contributed by atoms with Crippen molar-refractivity contribution in [2.24, 2.45) is 5.73 Å². The quantitative estimate of drug-likeness (QED) is 0.654. The number of halogens is 2. The zero-order valence-corrected chi connectivity index (χ0v) is 11.5. The van der Waals surface area contributed by atoms with Crippen LogP contribution in [0.25, 0.3) is 0 Å². The molecule has 0 aliphatic carbocycles. The number of hydrogen-bond donors (Lipinski definition) is 2. The summed E-state index contributed by atoms with van der Waals surface area (Å²) in [6.45, 7) is 0.110. The van der Waals surface area contributed by atoms with Gasteiger partial charge >= 0.3 is 0 Å². The second-order valence-electron chi connectivity index (χ2n) is 4.35. The normalized spacial score (nSPS) is 10.3. The molecule has 0 radical (unpaired) electrons. The topological polar surface area (TPSA) is 59.1 Å². The zero-order valence-electron chi connectivity index (χ0n) is 10.7. The first-order valence-corrected chi connectivity index (χ1v) is 6.41. The van der Waals surface area contributed by atoms with E-state index in [0.29, 0.717) is 17.7 Å². The molecule has 0 bridgehead atoms. The van der Waals surface area contributed by atoms with Crippen molar-refractivity contribution in [3.63, 3.8) is 0 Å². The highest BCUT2D eigenvalue weighted by Crippen LogP contribution is 2.20. The fraction of sp³-hybridized carbons (Fsp3) is 0.133. The maximum absolute atomic E-state index is 13.7. The van der Waals surface area contributed by atoms with E-state index in [4.69, 9.17) is 27.5 Å². The monoisotopic (exact) mass is 292 g/mol. The van der Waals surface area contributed by atoms with Gasteiger partial charge in [-0.3, -0.25) is 5.41 Å². The molecule has 20 heavy (non-hydrogen) atoms. The Balaban J connectivity index is 2.00. The Labute approximate surface area is 121 Å². The molecule has 2 rings (SSSR count). The highest BCUT2D eigenvalue weighted by atomic mass is 35.5. The Morgan fingerprint density at radius 2 is 1.90 bits per heavy atom. The molecule has 0 aliphatic rings. The lowest BCUT2D eigenvalue weighted by Gasteiger charge is -2.08. The number of amidine groups is 1. The van der Waals surface area contributed by atoms with Gasteiger partial charge < -0.3 is 10.5 Å². The maximum atomic E-state index is 13.7. The van der Waals surface area contributed by atoms with Crippen LogP contribution < -0.4 is 10.5 Å². The predicted molar refractivity (Wildman–Crippen MR) is 77.8 cm³/mol. The molecule has 0 spiro atoms. The molecule has 0 amide bonds. The van der Waals surface area contributed by atoms with Crippen LogP contribution in [0.15, 0.2) is 42.5 Å². The molecule has 0 fully saturated rings. The van der Waals surface area contributed by atoms with Crippen molar-refractivity contribution in [2.75, 3.05) is 0 Å². The molecular weight excluding hydrogens is 279 g/mol. The first-order valence-electron chi connectivity index (χ1n) is 6.04. The lowest BCUT2D eigenvalue weighted by molar-refractivity contribution is 0.300. The minimum atomic E-state index is -0.456. The fourth-order valence-corrected chi connectivity index (χ4v) is 1.94. The average Bonchev–Trinajstić information content (AvgIpc) is 2.41. The van der Waals surface area contributed by atoms with Crippen LogP contribution in [0.4, 0.5) is 4.39 Å². The Kier molecular flexibility index (Phi) is 4.58. The van der Waals surface area contributed by atoms with Gasteiger partial charge in [-0.2, -0.15) is 0 Å². The van der Waals surface area contributed by atoms with Crippen molar-refractivity contribution in [3.05, 3.63) is 64.4 Å². The summed E-state index contributed by atoms with van der Waals surface area (Å²) in [6.07, 6.45) is 0.406. The highest BCUT2D eigenvalue weighted by molar-refractivity contribution is 6.30. The highest BCUT2D eigenvalue weighted by Gasteiger charge is 2.06. The van der Waals surface area contributed by atoms with Crippen molar-refractivity contribution in [1.29, 1.82) is 5.41 Å². The molecule has 0 atom stereocenters. The molecule has 0 aliphatic heterocycles. The van der Waals surface area contributed by atoms with Crippen molar-refractivity contribution in [1.82, 2.24) is 0 Å². The molecule has 0 heterocycles. The van der Waals surface area contributed by atoms with Crippen LogP contribution in [0.3, 0.4) is 0 Å². The minimum absolute atomic E-state index is 0.0860. The second kappa shape index (κ2) is 6.39. The van der Waals surface area contributed by atoms with Crippen molar-refractivity contribution >= 4 is 17.4 Å². The summed E-state index contributed by atoms with van der Waals surface area (Å²) < 4.78 is 19.2. The van der Waals surface area contributed by atoms with Gasteiger partial charge in [-0.15, -0.1) is 0 Å². The Morgan fingerprint density at radius 3 is 2.55 bits per heavy atom. The number of rotatable bonds is 5. The van der Waals surface area contributed by atoms with E-state index < -0.39 is 5.82 Å². The Morgan fingerprint density at radius 1 is 1.20 bits per heavy atom. The number of nitrogens with one attached hydrogen (secondary N) is 1. The van der Waals surface area contributed by atoms with Crippen LogP contribution in [0, 0.1) is 11.2 Å². The zero-order chi connectivity index (χ0) is 14.5. The third kappa shape index (κ3) is 3.71. The third-order valence-corrected chi connectivity index (χ3v) is 3.04. The van der Waals surface area contributed by atoms with E-state index in [0.717, 1.165) is 5.56 Å². The summed E-state index contributed by atoms with van der Waals surface area (Å²) >= 11 is 5.70. The second-order valence-corrected chi connectivity index (χ2v) is 4.75. The van der Waals surface area contributed by atoms with Crippen molar-refractivity contribution < 1.29 is 9.13 Å². The van der Waals surface area contributed by atoms with E-state index in [9.17, 15) is 4.39 Å². The molecule has 0 aromatic heterocycles. The van der Waals surface area contributed by atoms with E-state index in [1.807, 2.05) is 12.1 Å². The van der Waals surface area contributed by atoms with Gasteiger partial charge in [-0.05, 0) is 23.8 Å². The van der Waals surface area contributed by atoms with Crippen LogP contribution in [0.5, 0.6) is 5.75 Å². The summed E-state index contributed by atoms with van der Waals surface area (Å²) in [5, 5.41) is 7.30. The van der Waals surface area contributed by atoms with E-state index in [1.165, 1.54) is 6.07 Å². The lowest BCUT2D eigenvalue weighted by atomic mass is 10.1. The van der Waals surface area contributed by atoms with Crippen LogP contribution in [0.2, 0.25) is 5.02 Å². The standard InChI is InChI=1S/C15H14ClFN2O/c16-13-3-1-2-11(15(13)17)9-20-12-6-4-10(5-7-12)8-14(18)19/h1-7H,8-9H2,(H3,18,19). The Bertz CT molecular complexity index is 614. The van der Waals surface area contributed by atoms with Gasteiger partial charge in [0.1, 0.15) is 18.2 Å². The van der Waals surface area contributed by atoms with E-state index in [2.05, 4.69) is 0 Å². The number of ether oxygens (including phenoxy) is 1. The van der Waals surface area contributed by atoms with Gasteiger partial charge in [0.2, 0.25) is 0 Å². The first kappa shape index (κ1) is 14.3. The lowest BCUT2D eigenvalue weighted by Crippen LogP contribution is -2.12. The molecule has 0 saturated carbocycles. The summed E-state index contributed by atoms with van der Waals surface area (Å²) in [5.41, 5.74) is 6.66. The van der Waals surface area contributed by atoms with E-state index in [1.54, 1.807) is 24.3 Å². The van der Waals surface area contributed by atoms with Gasteiger partial charge in [0, 0.05) is 12.0 Å². The summed E-state index contributed by atoms with van der Waals surface area (Å²) in [5.74, 6) is 0.277. The smallest absolute Gasteiger partial charge is 0.148 e. The fourth-order valence-electron chi connectivity index (χ4n) is 1.74. The van der Waals surface area contributed by atoms with Crippen LogP contribution in [-0.4, -0.2) is 5.84 Å². The van der Waals surface area contributed by atoms with Gasteiger partial charge in [0.25, 0.3) is 0 Å². The maximum Gasteiger partial charge on any atom is 0.148 e. The largest absolute Gasteiger partial charge is 0.489 e. The first-order chi connectivity index (χ1) is 9.56. The van der Waals surface area contributed by atoms with Crippen molar-refractivity contribution in [3.8, 4) is 5.75 Å². The SMILES string of the molecule is N=C(N)Cc1ccc(OCc2cccc(Cl)c2F)cc1. The van der Waals surface area contributed by atoms with E-state index >= 15 is 0 Å². The average molecular weight is 293 g/mol. The molecular formula is C15H14ClFN2O. The summed E-state index contributed by atoms with van der Waals surface area (Å²) in [7, 11) is 0. The van der Waals surface area contributed by atoms with Crippen LogP contribution in [-0.2, 0) is 13.0 Å². The molecule has 3 N–H and O–H groups in total. The van der Waals surface area contributed by atoms with Gasteiger partial charge in [-0.25, -0.2) is 4.39 Å². The summed E-state index contributed by atoms with van der Waals surface area (Å²) in [4.78, 5) is 0. The van der Waals surface area contributed by atoms with Gasteiger partial charge in [0.05, 0.1) is 10.9 Å². The van der Waals surface area contributed by atoms with Crippen LogP contribution >= 0.6 is 11.6 Å². The molecule has 0 saturated heterocycles. The number of nitrogens with two attached hydrogens (primary N) is 1. The molecule has 3 nitrogen and oxygen atoms in total. The predicted octanol–water partition coefficient (Wildman–Crippen LogP) is 3.54. The molecule has 0 unspecified atom stereocenters. The minimum Gasteiger partial charge on any atom is -0.489 e. The number of hydrogen-bond acceptors (Lipinski definition) is 2. The molecule has 2 aromatic carbocycles. The third-order valence-electron chi connectivity index (χ3n) is 2.74. The molecule has 104 valence electrons. The number of benzene rings is 2. The van der Waals surface area contributed by atoms with Crippen molar-refractivity contribution in [2.45, 2.75) is 13.0 Å².